The summed E-state index contributed by atoms with van der Waals surface area (Å²) in [5.41, 5.74) is 11.3. The molecular formula is C44H23N3O2. The summed E-state index contributed by atoms with van der Waals surface area (Å²) in [4.78, 5) is 0. The second-order valence-corrected chi connectivity index (χ2v) is 12.3. The molecule has 7 aromatic carbocycles. The number of nitrogens with zero attached hydrogens (tertiary/aromatic N) is 3. The van der Waals surface area contributed by atoms with Crippen molar-refractivity contribution in [3.8, 4) is 40.1 Å². The Labute approximate surface area is 279 Å². The predicted octanol–water partition coefficient (Wildman–Crippen LogP) is 11.7. The lowest BCUT2D eigenvalue weighted by atomic mass is 9.97. The van der Waals surface area contributed by atoms with Gasteiger partial charge in [0.25, 0.3) is 0 Å². The minimum Gasteiger partial charge on any atom is -0.456 e. The van der Waals surface area contributed by atoms with Crippen LogP contribution in [0, 0.1) is 22.7 Å². The highest BCUT2D eigenvalue weighted by molar-refractivity contribution is 6.16. The van der Waals surface area contributed by atoms with Gasteiger partial charge in [0, 0.05) is 43.9 Å². The average molecular weight is 626 g/mol. The maximum absolute atomic E-state index is 10.4. The monoisotopic (exact) mass is 625 g/mol. The summed E-state index contributed by atoms with van der Waals surface area (Å²) in [7, 11) is 0. The zero-order chi connectivity index (χ0) is 32.6. The molecule has 0 aliphatic carbocycles. The molecule has 5 heteroatoms. The van der Waals surface area contributed by atoms with E-state index >= 15 is 0 Å². The van der Waals surface area contributed by atoms with Crippen molar-refractivity contribution < 1.29 is 8.83 Å². The van der Waals surface area contributed by atoms with E-state index < -0.39 is 0 Å². The molecule has 0 saturated carbocycles. The molecule has 0 amide bonds. The Morgan fingerprint density at radius 2 is 1.00 bits per heavy atom. The van der Waals surface area contributed by atoms with Gasteiger partial charge in [-0.15, -0.1) is 0 Å². The van der Waals surface area contributed by atoms with Crippen LogP contribution >= 0.6 is 0 Å². The normalized spacial score (nSPS) is 11.6. The number of benzene rings is 7. The number of fused-ring (bicyclic) bond motifs is 9. The molecule has 49 heavy (non-hydrogen) atoms. The van der Waals surface area contributed by atoms with E-state index in [4.69, 9.17) is 8.83 Å². The summed E-state index contributed by atoms with van der Waals surface area (Å²) in [5, 5.41) is 25.9. The number of nitriles is 2. The average Bonchev–Trinajstić information content (AvgIpc) is 3.81. The zero-order valence-corrected chi connectivity index (χ0v) is 25.9. The van der Waals surface area contributed by atoms with Crippen molar-refractivity contribution in [2.24, 2.45) is 0 Å². The first-order valence-electron chi connectivity index (χ1n) is 16.0. The lowest BCUT2D eigenvalue weighted by Crippen LogP contribution is -2.00. The molecule has 0 spiro atoms. The summed E-state index contributed by atoms with van der Waals surface area (Å²) < 4.78 is 14.9. The van der Waals surface area contributed by atoms with E-state index in [1.165, 1.54) is 0 Å². The molecule has 0 N–H and O–H groups in total. The highest BCUT2D eigenvalue weighted by Crippen LogP contribution is 2.42. The van der Waals surface area contributed by atoms with Crippen LogP contribution in [-0.4, -0.2) is 4.57 Å². The molecule has 0 radical (unpaired) electrons. The molecular weight excluding hydrogens is 603 g/mol. The van der Waals surface area contributed by atoms with Crippen LogP contribution in [0.15, 0.2) is 148 Å². The summed E-state index contributed by atoms with van der Waals surface area (Å²) in [6.07, 6.45) is 0. The summed E-state index contributed by atoms with van der Waals surface area (Å²) in [6.45, 7) is 0. The molecule has 0 bridgehead atoms. The van der Waals surface area contributed by atoms with Crippen LogP contribution in [0.2, 0.25) is 0 Å². The van der Waals surface area contributed by atoms with Crippen LogP contribution < -0.4 is 0 Å². The molecule has 0 aliphatic heterocycles. The van der Waals surface area contributed by atoms with E-state index in [1.54, 1.807) is 0 Å². The molecule has 0 saturated heterocycles. The molecule has 3 aromatic heterocycles. The van der Waals surface area contributed by atoms with E-state index in [1.807, 2.05) is 72.8 Å². The predicted molar refractivity (Wildman–Crippen MR) is 196 cm³/mol. The van der Waals surface area contributed by atoms with Gasteiger partial charge in [-0.25, -0.2) is 0 Å². The van der Waals surface area contributed by atoms with Crippen molar-refractivity contribution in [1.82, 2.24) is 4.57 Å². The zero-order valence-electron chi connectivity index (χ0n) is 25.9. The van der Waals surface area contributed by atoms with Crippen molar-refractivity contribution >= 4 is 65.7 Å². The molecule has 0 aliphatic rings. The van der Waals surface area contributed by atoms with Crippen LogP contribution in [0.4, 0.5) is 0 Å². The smallest absolute Gasteiger partial charge is 0.139 e. The Hall–Kier alpha value is -7.08. The van der Waals surface area contributed by atoms with E-state index in [9.17, 15) is 10.5 Å². The van der Waals surface area contributed by atoms with Gasteiger partial charge >= 0.3 is 0 Å². The van der Waals surface area contributed by atoms with Gasteiger partial charge in [-0.3, -0.25) is 0 Å². The first-order chi connectivity index (χ1) is 24.2. The third kappa shape index (κ3) is 3.97. The maximum Gasteiger partial charge on any atom is 0.139 e. The van der Waals surface area contributed by atoms with Gasteiger partial charge in [0.1, 0.15) is 28.4 Å². The van der Waals surface area contributed by atoms with Gasteiger partial charge in [0.15, 0.2) is 0 Å². The van der Waals surface area contributed by atoms with Gasteiger partial charge in [0.2, 0.25) is 0 Å². The van der Waals surface area contributed by atoms with Gasteiger partial charge in [-0.1, -0.05) is 72.8 Å². The Morgan fingerprint density at radius 1 is 0.429 bits per heavy atom. The summed E-state index contributed by atoms with van der Waals surface area (Å²) >= 11 is 0. The van der Waals surface area contributed by atoms with Gasteiger partial charge in [-0.2, -0.15) is 10.5 Å². The minimum atomic E-state index is 0.603. The second-order valence-electron chi connectivity index (χ2n) is 12.3. The molecule has 226 valence electrons. The van der Waals surface area contributed by atoms with Crippen LogP contribution in [0.1, 0.15) is 11.1 Å². The Morgan fingerprint density at radius 3 is 1.63 bits per heavy atom. The van der Waals surface area contributed by atoms with Crippen molar-refractivity contribution in [1.29, 1.82) is 10.5 Å². The molecule has 10 aromatic rings. The van der Waals surface area contributed by atoms with Crippen molar-refractivity contribution in [2.75, 3.05) is 0 Å². The molecule has 0 unspecified atom stereocenters. The van der Waals surface area contributed by atoms with Crippen molar-refractivity contribution in [3.05, 3.63) is 151 Å². The van der Waals surface area contributed by atoms with Gasteiger partial charge in [-0.05, 0) is 77.4 Å². The number of para-hydroxylation sites is 3. The largest absolute Gasteiger partial charge is 0.456 e. The van der Waals surface area contributed by atoms with Crippen LogP contribution in [0.5, 0.6) is 0 Å². The third-order valence-electron chi connectivity index (χ3n) is 9.68. The molecule has 0 atom stereocenters. The van der Waals surface area contributed by atoms with Crippen LogP contribution in [0.25, 0.3) is 93.6 Å². The number of aromatic nitrogens is 1. The standard InChI is InChI=1S/C44H23N3O2/c45-24-26-12-14-27(15-13-26)28-16-18-40-34(20-28)36-22-37-35-21-29(17-19-41(35)49-43(37)23-42(36)48-40)31-9-5-6-30(25-46)44(31)47-38-10-3-1-7-32(38)33-8-2-4-11-39(33)47/h1-23H. The topological polar surface area (TPSA) is 78.8 Å². The SMILES string of the molecule is N#Cc1ccc(-c2ccc3oc4cc5oc6ccc(-c7cccc(C#N)c7-n7c8ccccc8c8ccccc87)cc6c5cc4c3c2)cc1. The lowest BCUT2D eigenvalue weighted by Gasteiger charge is -2.16. The van der Waals surface area contributed by atoms with Gasteiger partial charge in [0.05, 0.1) is 33.9 Å². The van der Waals surface area contributed by atoms with Crippen LogP contribution in [-0.2, 0) is 0 Å². The maximum atomic E-state index is 10.4. The minimum absolute atomic E-state index is 0.603. The fourth-order valence-electron chi connectivity index (χ4n) is 7.40. The molecule has 10 rings (SSSR count). The highest BCUT2D eigenvalue weighted by Gasteiger charge is 2.20. The number of hydrogen-bond donors (Lipinski definition) is 0. The fourth-order valence-corrected chi connectivity index (χ4v) is 7.40. The molecule has 5 nitrogen and oxygen atoms in total. The molecule has 3 heterocycles. The second kappa shape index (κ2) is 10.2. The van der Waals surface area contributed by atoms with Crippen molar-refractivity contribution in [3.63, 3.8) is 0 Å². The van der Waals surface area contributed by atoms with E-state index in [-0.39, 0.29) is 0 Å². The van der Waals surface area contributed by atoms with Gasteiger partial charge < -0.3 is 13.4 Å². The Kier molecular flexibility index (Phi) is 5.64. The van der Waals surface area contributed by atoms with E-state index in [0.717, 1.165) is 93.6 Å². The van der Waals surface area contributed by atoms with E-state index in [2.05, 4.69) is 83.4 Å². The first-order valence-corrected chi connectivity index (χ1v) is 16.0. The number of rotatable bonds is 3. The number of furan rings is 2. The van der Waals surface area contributed by atoms with E-state index in [0.29, 0.717) is 11.1 Å². The Balaban J connectivity index is 1.19. The Bertz CT molecular complexity index is 3020. The van der Waals surface area contributed by atoms with Crippen LogP contribution in [0.3, 0.4) is 0 Å². The number of hydrogen-bond acceptors (Lipinski definition) is 4. The summed E-state index contributed by atoms with van der Waals surface area (Å²) in [5.74, 6) is 0. The lowest BCUT2D eigenvalue weighted by molar-refractivity contribution is 0.656. The fraction of sp³-hybridized carbons (Fsp3) is 0. The summed E-state index contributed by atoms with van der Waals surface area (Å²) in [6, 6.07) is 51.5. The third-order valence-corrected chi connectivity index (χ3v) is 9.68. The molecule has 0 fully saturated rings. The quantitative estimate of drug-likeness (QED) is 0.196. The van der Waals surface area contributed by atoms with Crippen molar-refractivity contribution in [2.45, 2.75) is 0 Å². The first kappa shape index (κ1) is 27.1. The highest BCUT2D eigenvalue weighted by atomic mass is 16.3.